The van der Waals surface area contributed by atoms with Crippen molar-refractivity contribution in [3.63, 3.8) is 0 Å². The minimum Gasteiger partial charge on any atom is -0.491 e. The Bertz CT molecular complexity index is 1070. The average molecular weight is 437 g/mol. The highest BCUT2D eigenvalue weighted by Gasteiger charge is 2.28. The quantitative estimate of drug-likeness (QED) is 0.372. The molecule has 1 aliphatic rings. The monoisotopic (exact) mass is 436 g/mol. The van der Waals surface area contributed by atoms with E-state index in [0.717, 1.165) is 48.5 Å². The van der Waals surface area contributed by atoms with Crippen LogP contribution in [-0.2, 0) is 9.53 Å². The summed E-state index contributed by atoms with van der Waals surface area (Å²) in [5.41, 5.74) is 2.37. The number of amides is 1. The lowest BCUT2D eigenvalue weighted by Crippen LogP contribution is -2.35. The maximum Gasteiger partial charge on any atom is 0.244 e. The highest BCUT2D eigenvalue weighted by Crippen LogP contribution is 2.29. The van der Waals surface area contributed by atoms with Gasteiger partial charge in [0.15, 0.2) is 11.5 Å². The van der Waals surface area contributed by atoms with Crippen LogP contribution in [0.25, 0.3) is 17.2 Å². The number of anilines is 1. The minimum absolute atomic E-state index is 0.134. The first kappa shape index (κ1) is 21.8. The smallest absolute Gasteiger partial charge is 0.244 e. The summed E-state index contributed by atoms with van der Waals surface area (Å²) in [5.74, 6) is 1.47. The number of hydrogen-bond acceptors (Lipinski definition) is 7. The van der Waals surface area contributed by atoms with Crippen LogP contribution in [0.4, 0.5) is 5.82 Å². The molecule has 1 atom stereocenters. The summed E-state index contributed by atoms with van der Waals surface area (Å²) in [7, 11) is 1.65. The number of H-pyrrole nitrogens is 1. The van der Waals surface area contributed by atoms with E-state index in [1.54, 1.807) is 25.8 Å². The van der Waals surface area contributed by atoms with Crippen LogP contribution in [0.1, 0.15) is 24.8 Å². The third-order valence-electron chi connectivity index (χ3n) is 5.44. The van der Waals surface area contributed by atoms with E-state index >= 15 is 0 Å². The Morgan fingerprint density at radius 1 is 1.31 bits per heavy atom. The van der Waals surface area contributed by atoms with E-state index in [9.17, 15) is 4.79 Å². The molecule has 0 saturated carbocycles. The van der Waals surface area contributed by atoms with Crippen molar-refractivity contribution in [3.8, 4) is 5.75 Å². The number of aromatic amines is 1. The molecule has 1 aliphatic heterocycles. The lowest BCUT2D eigenvalue weighted by molar-refractivity contribution is -0.116. The molecule has 2 N–H and O–H groups in total. The summed E-state index contributed by atoms with van der Waals surface area (Å²) in [6.45, 7) is 2.64. The summed E-state index contributed by atoms with van der Waals surface area (Å²) < 4.78 is 11.2. The van der Waals surface area contributed by atoms with Gasteiger partial charge < -0.3 is 24.7 Å². The fourth-order valence-corrected chi connectivity index (χ4v) is 3.85. The van der Waals surface area contributed by atoms with Crippen LogP contribution >= 0.6 is 0 Å². The molecule has 3 aromatic rings. The van der Waals surface area contributed by atoms with E-state index in [1.807, 2.05) is 24.3 Å². The van der Waals surface area contributed by atoms with Crippen molar-refractivity contribution >= 4 is 29.0 Å². The summed E-state index contributed by atoms with van der Waals surface area (Å²) in [5, 5.41) is 2.85. The number of nitrogens with one attached hydrogen (secondary N) is 2. The Balaban J connectivity index is 1.39. The molecule has 9 nitrogen and oxygen atoms in total. The lowest BCUT2D eigenvalue weighted by atomic mass is 10.2. The number of hydrogen-bond donors (Lipinski definition) is 2. The molecule has 168 valence electrons. The van der Waals surface area contributed by atoms with Crippen molar-refractivity contribution in [2.45, 2.75) is 25.3 Å². The zero-order valence-corrected chi connectivity index (χ0v) is 18.2. The molecule has 1 aromatic carbocycles. The van der Waals surface area contributed by atoms with E-state index in [1.165, 1.54) is 6.08 Å². The molecular formula is C23H28N6O3. The molecule has 0 aliphatic carbocycles. The number of rotatable bonds is 10. The Morgan fingerprint density at radius 2 is 2.22 bits per heavy atom. The molecule has 1 amide bonds. The second-order valence-electron chi connectivity index (χ2n) is 7.61. The Labute approximate surface area is 186 Å². The molecule has 0 bridgehead atoms. The second kappa shape index (κ2) is 10.7. The number of nitrogens with zero attached hydrogens (tertiary/aromatic N) is 4. The van der Waals surface area contributed by atoms with Crippen molar-refractivity contribution in [1.82, 2.24) is 25.3 Å². The van der Waals surface area contributed by atoms with Crippen LogP contribution in [0.5, 0.6) is 5.75 Å². The number of imidazole rings is 1. The van der Waals surface area contributed by atoms with Gasteiger partial charge in [-0.1, -0.05) is 18.2 Å². The second-order valence-corrected chi connectivity index (χ2v) is 7.61. The van der Waals surface area contributed by atoms with Crippen molar-refractivity contribution in [2.75, 3.05) is 38.3 Å². The molecule has 2 aromatic heterocycles. The Hall–Kier alpha value is -3.46. The van der Waals surface area contributed by atoms with E-state index in [-0.39, 0.29) is 11.9 Å². The van der Waals surface area contributed by atoms with Crippen molar-refractivity contribution < 1.29 is 14.3 Å². The first-order valence-corrected chi connectivity index (χ1v) is 10.8. The third kappa shape index (κ3) is 5.23. The molecule has 0 spiro atoms. The van der Waals surface area contributed by atoms with E-state index < -0.39 is 0 Å². The topological polar surface area (TPSA) is 105 Å². The van der Waals surface area contributed by atoms with Gasteiger partial charge in [0.2, 0.25) is 5.91 Å². The maximum absolute atomic E-state index is 12.0. The first-order chi connectivity index (χ1) is 15.8. The van der Waals surface area contributed by atoms with Gasteiger partial charge in [0.25, 0.3) is 0 Å². The summed E-state index contributed by atoms with van der Waals surface area (Å²) in [6, 6.07) is 7.92. The van der Waals surface area contributed by atoms with E-state index in [4.69, 9.17) is 9.47 Å². The van der Waals surface area contributed by atoms with Crippen molar-refractivity contribution in [2.24, 2.45) is 0 Å². The van der Waals surface area contributed by atoms with Gasteiger partial charge in [-0.3, -0.25) is 4.79 Å². The van der Waals surface area contributed by atoms with Gasteiger partial charge >= 0.3 is 0 Å². The predicted molar refractivity (Wildman–Crippen MR) is 123 cm³/mol. The van der Waals surface area contributed by atoms with E-state index in [0.29, 0.717) is 25.4 Å². The highest BCUT2D eigenvalue weighted by atomic mass is 16.5. The highest BCUT2D eigenvalue weighted by molar-refractivity contribution is 5.92. The molecule has 32 heavy (non-hydrogen) atoms. The molecule has 3 heterocycles. The number of benzene rings is 1. The third-order valence-corrected chi connectivity index (χ3v) is 5.44. The van der Waals surface area contributed by atoms with Gasteiger partial charge in [-0.15, -0.1) is 0 Å². The van der Waals surface area contributed by atoms with Gasteiger partial charge in [0.05, 0.1) is 12.4 Å². The summed E-state index contributed by atoms with van der Waals surface area (Å²) in [4.78, 5) is 30.4. The summed E-state index contributed by atoms with van der Waals surface area (Å²) >= 11 is 0. The average Bonchev–Trinajstić information content (AvgIpc) is 3.49. The number of fused-ring (bicyclic) bond motifs is 1. The first-order valence-electron chi connectivity index (χ1n) is 10.8. The SMILES string of the molecule is COCCCNC(=O)C=Cc1ccccc1OCC1CCCN1c1ncnc2nc[nH]c12. The number of ether oxygens (including phenoxy) is 2. The number of carbonyl (C=O) groups excluding carboxylic acids is 1. The number of carbonyl (C=O) groups is 1. The zero-order valence-electron chi connectivity index (χ0n) is 18.2. The Morgan fingerprint density at radius 3 is 3.12 bits per heavy atom. The predicted octanol–water partition coefficient (Wildman–Crippen LogP) is 2.57. The lowest BCUT2D eigenvalue weighted by Gasteiger charge is -2.26. The maximum atomic E-state index is 12.0. The zero-order chi connectivity index (χ0) is 22.2. The van der Waals surface area contributed by atoms with Crippen LogP contribution in [0.3, 0.4) is 0 Å². The minimum atomic E-state index is -0.134. The molecule has 0 radical (unpaired) electrons. The van der Waals surface area contributed by atoms with Gasteiger partial charge in [-0.25, -0.2) is 15.0 Å². The van der Waals surface area contributed by atoms with Crippen molar-refractivity contribution in [1.29, 1.82) is 0 Å². The number of para-hydroxylation sites is 1. The van der Waals surface area contributed by atoms with Crippen LogP contribution in [-0.4, -0.2) is 65.3 Å². The van der Waals surface area contributed by atoms with Gasteiger partial charge in [-0.05, 0) is 31.4 Å². The van der Waals surface area contributed by atoms with Crippen LogP contribution in [0.15, 0.2) is 43.0 Å². The fraction of sp³-hybridized carbons (Fsp3) is 0.391. The molecule has 1 fully saturated rings. The van der Waals surface area contributed by atoms with Crippen LogP contribution < -0.4 is 15.0 Å². The fourth-order valence-electron chi connectivity index (χ4n) is 3.85. The van der Waals surface area contributed by atoms with E-state index in [2.05, 4.69) is 30.2 Å². The van der Waals surface area contributed by atoms with Gasteiger partial charge in [-0.2, -0.15) is 0 Å². The standard InChI is InChI=1S/C23H28N6O3/c1-31-13-5-11-24-20(30)10-9-17-6-2-3-8-19(17)32-14-18-7-4-12-29(18)23-21-22(26-15-25-21)27-16-28-23/h2-3,6,8-10,15-16,18H,4-5,7,11-14H2,1H3,(H,24,30)(H,25,26,27,28). The molecule has 9 heteroatoms. The number of aromatic nitrogens is 4. The summed E-state index contributed by atoms with van der Waals surface area (Å²) in [6.07, 6.45) is 9.37. The largest absolute Gasteiger partial charge is 0.491 e. The van der Waals surface area contributed by atoms with Gasteiger partial charge in [0.1, 0.15) is 24.2 Å². The molecule has 1 saturated heterocycles. The van der Waals surface area contributed by atoms with Gasteiger partial charge in [0, 0.05) is 38.4 Å². The number of methoxy groups -OCH3 is 1. The van der Waals surface area contributed by atoms with Crippen LogP contribution in [0.2, 0.25) is 0 Å². The van der Waals surface area contributed by atoms with Crippen LogP contribution in [0, 0.1) is 0 Å². The molecule has 4 rings (SSSR count). The Kier molecular flexibility index (Phi) is 7.29. The van der Waals surface area contributed by atoms with Crippen molar-refractivity contribution in [3.05, 3.63) is 48.6 Å². The molecule has 1 unspecified atom stereocenters. The molecular weight excluding hydrogens is 408 g/mol. The normalized spacial score (nSPS) is 16.2.